The van der Waals surface area contributed by atoms with Crippen LogP contribution in [0, 0.1) is 0 Å². The molecule has 0 radical (unpaired) electrons. The molecule has 1 N–H and O–H groups in total. The molecule has 0 saturated heterocycles. The van der Waals surface area contributed by atoms with Gasteiger partial charge in [-0.05, 0) is 0 Å². The van der Waals surface area contributed by atoms with Gasteiger partial charge in [0, 0.05) is 18.6 Å². The minimum absolute atomic E-state index is 0.0892. The van der Waals surface area contributed by atoms with Crippen LogP contribution in [0.4, 0.5) is 0 Å². The summed E-state index contributed by atoms with van der Waals surface area (Å²) in [5.74, 6) is -0.166. The number of hydrogen-bond donors (Lipinski definition) is 1. The summed E-state index contributed by atoms with van der Waals surface area (Å²) in [5, 5.41) is 0. The first kappa shape index (κ1) is 10.3. The van der Waals surface area contributed by atoms with Gasteiger partial charge in [-0.1, -0.05) is 30.3 Å². The van der Waals surface area contributed by atoms with Gasteiger partial charge < -0.3 is 4.98 Å². The molecule has 2 rings (SSSR count). The molecule has 0 fully saturated rings. The predicted molar refractivity (Wildman–Crippen MR) is 60.3 cm³/mol. The minimum atomic E-state index is -0.320. The Bertz CT molecular complexity index is 573. The SMILES string of the molecule is CC(=O)c1nc(-c2ccccc2)cc(=O)[nH]1. The average Bonchev–Trinajstić information content (AvgIpc) is 2.29. The van der Waals surface area contributed by atoms with Crippen LogP contribution in [0.25, 0.3) is 11.3 Å². The van der Waals surface area contributed by atoms with Gasteiger partial charge in [0.1, 0.15) is 0 Å². The molecule has 1 aromatic heterocycles. The summed E-state index contributed by atoms with van der Waals surface area (Å²) in [6, 6.07) is 10.6. The molecule has 4 heteroatoms. The summed E-state index contributed by atoms with van der Waals surface area (Å²) in [6.07, 6.45) is 0. The quantitative estimate of drug-likeness (QED) is 0.773. The van der Waals surface area contributed by atoms with Gasteiger partial charge in [-0.3, -0.25) is 9.59 Å². The first-order chi connectivity index (χ1) is 7.66. The second-order valence-electron chi connectivity index (χ2n) is 3.40. The van der Waals surface area contributed by atoms with Crippen LogP contribution in [0.1, 0.15) is 17.5 Å². The van der Waals surface area contributed by atoms with E-state index in [0.717, 1.165) is 5.56 Å². The van der Waals surface area contributed by atoms with Crippen molar-refractivity contribution in [2.24, 2.45) is 0 Å². The Balaban J connectivity index is 2.58. The van der Waals surface area contributed by atoms with E-state index in [2.05, 4.69) is 9.97 Å². The molecule has 1 heterocycles. The van der Waals surface area contributed by atoms with Gasteiger partial charge in [0.25, 0.3) is 5.56 Å². The number of benzene rings is 1. The lowest BCUT2D eigenvalue weighted by atomic mass is 10.1. The summed E-state index contributed by atoms with van der Waals surface area (Å²) in [4.78, 5) is 29.0. The first-order valence-corrected chi connectivity index (χ1v) is 4.84. The van der Waals surface area contributed by atoms with Crippen molar-refractivity contribution in [1.29, 1.82) is 0 Å². The average molecular weight is 214 g/mol. The van der Waals surface area contributed by atoms with E-state index >= 15 is 0 Å². The van der Waals surface area contributed by atoms with Crippen molar-refractivity contribution >= 4 is 5.78 Å². The minimum Gasteiger partial charge on any atom is -0.304 e. The zero-order chi connectivity index (χ0) is 11.5. The lowest BCUT2D eigenvalue weighted by Crippen LogP contribution is -2.13. The van der Waals surface area contributed by atoms with Crippen LogP contribution in [0.15, 0.2) is 41.2 Å². The van der Waals surface area contributed by atoms with Crippen LogP contribution in [0.5, 0.6) is 0 Å². The van der Waals surface area contributed by atoms with Gasteiger partial charge in [0.2, 0.25) is 0 Å². The van der Waals surface area contributed by atoms with Gasteiger partial charge in [-0.2, -0.15) is 0 Å². The molecule has 0 bridgehead atoms. The number of nitrogens with zero attached hydrogens (tertiary/aromatic N) is 1. The first-order valence-electron chi connectivity index (χ1n) is 4.84. The van der Waals surface area contributed by atoms with Gasteiger partial charge >= 0.3 is 0 Å². The summed E-state index contributed by atoms with van der Waals surface area (Å²) >= 11 is 0. The number of rotatable bonds is 2. The maximum Gasteiger partial charge on any atom is 0.251 e. The Kier molecular flexibility index (Phi) is 2.64. The molecule has 0 atom stereocenters. The Morgan fingerprint density at radius 2 is 1.94 bits per heavy atom. The van der Waals surface area contributed by atoms with E-state index in [9.17, 15) is 9.59 Å². The maximum absolute atomic E-state index is 11.3. The topological polar surface area (TPSA) is 62.8 Å². The highest BCUT2D eigenvalue weighted by Gasteiger charge is 2.06. The highest BCUT2D eigenvalue weighted by atomic mass is 16.1. The molecule has 0 unspecified atom stereocenters. The molecule has 0 saturated carbocycles. The van der Waals surface area contributed by atoms with Crippen LogP contribution < -0.4 is 5.56 Å². The van der Waals surface area contributed by atoms with E-state index in [4.69, 9.17) is 0 Å². The van der Waals surface area contributed by atoms with Crippen LogP contribution in [0.2, 0.25) is 0 Å². The smallest absolute Gasteiger partial charge is 0.251 e. The van der Waals surface area contributed by atoms with Crippen molar-refractivity contribution in [3.8, 4) is 11.3 Å². The highest BCUT2D eigenvalue weighted by molar-refractivity contribution is 5.90. The zero-order valence-corrected chi connectivity index (χ0v) is 8.73. The molecule has 0 aliphatic rings. The van der Waals surface area contributed by atoms with E-state index in [-0.39, 0.29) is 17.2 Å². The van der Waals surface area contributed by atoms with E-state index in [0.29, 0.717) is 5.69 Å². The van der Waals surface area contributed by atoms with Gasteiger partial charge in [-0.15, -0.1) is 0 Å². The number of aromatic nitrogens is 2. The molecule has 80 valence electrons. The van der Waals surface area contributed by atoms with E-state index in [1.165, 1.54) is 13.0 Å². The van der Waals surface area contributed by atoms with E-state index < -0.39 is 0 Å². The third-order valence-electron chi connectivity index (χ3n) is 2.14. The van der Waals surface area contributed by atoms with E-state index in [1.54, 1.807) is 0 Å². The molecule has 0 aliphatic carbocycles. The molecule has 2 aromatic rings. The number of hydrogen-bond acceptors (Lipinski definition) is 3. The Morgan fingerprint density at radius 3 is 2.56 bits per heavy atom. The fraction of sp³-hybridized carbons (Fsp3) is 0.0833. The third-order valence-corrected chi connectivity index (χ3v) is 2.14. The lowest BCUT2D eigenvalue weighted by Gasteiger charge is -2.01. The van der Waals surface area contributed by atoms with Crippen molar-refractivity contribution in [1.82, 2.24) is 9.97 Å². The molecular formula is C12H10N2O2. The number of Topliss-reactive ketones (excluding diaryl/α,β-unsaturated/α-hetero) is 1. The van der Waals surface area contributed by atoms with Crippen molar-refractivity contribution in [2.75, 3.05) is 0 Å². The maximum atomic E-state index is 11.3. The molecule has 0 amide bonds. The monoisotopic (exact) mass is 214 g/mol. The summed E-state index contributed by atoms with van der Waals surface area (Å²) in [7, 11) is 0. The fourth-order valence-electron chi connectivity index (χ4n) is 1.38. The Hall–Kier alpha value is -2.23. The number of carbonyl (C=O) groups is 1. The van der Waals surface area contributed by atoms with Crippen molar-refractivity contribution in [3.05, 3.63) is 52.6 Å². The Labute approximate surface area is 92.0 Å². The predicted octanol–water partition coefficient (Wildman–Crippen LogP) is 1.64. The fourth-order valence-corrected chi connectivity index (χ4v) is 1.38. The van der Waals surface area contributed by atoms with Gasteiger partial charge in [0.05, 0.1) is 5.69 Å². The van der Waals surface area contributed by atoms with Crippen molar-refractivity contribution in [2.45, 2.75) is 6.92 Å². The van der Waals surface area contributed by atoms with Crippen LogP contribution in [-0.2, 0) is 0 Å². The summed E-state index contributed by atoms with van der Waals surface area (Å²) in [5.41, 5.74) is 1.00. The zero-order valence-electron chi connectivity index (χ0n) is 8.73. The molecule has 0 spiro atoms. The van der Waals surface area contributed by atoms with Crippen LogP contribution in [0.3, 0.4) is 0 Å². The second-order valence-corrected chi connectivity index (χ2v) is 3.40. The number of carbonyl (C=O) groups excluding carboxylic acids is 1. The number of nitrogens with one attached hydrogen (secondary N) is 1. The standard InChI is InChI=1S/C12H10N2O2/c1-8(15)12-13-10(7-11(16)14-12)9-5-3-2-4-6-9/h2-7H,1H3,(H,13,14,16). The van der Waals surface area contributed by atoms with Crippen molar-refractivity contribution in [3.63, 3.8) is 0 Å². The van der Waals surface area contributed by atoms with Crippen molar-refractivity contribution < 1.29 is 4.79 Å². The van der Waals surface area contributed by atoms with Gasteiger partial charge in [0.15, 0.2) is 11.6 Å². The number of ketones is 1. The second kappa shape index (κ2) is 4.10. The summed E-state index contributed by atoms with van der Waals surface area (Å²) < 4.78 is 0. The van der Waals surface area contributed by atoms with Crippen LogP contribution >= 0.6 is 0 Å². The molecule has 4 nitrogen and oxygen atoms in total. The Morgan fingerprint density at radius 1 is 1.25 bits per heavy atom. The largest absolute Gasteiger partial charge is 0.304 e. The number of aromatic amines is 1. The van der Waals surface area contributed by atoms with E-state index in [1.807, 2.05) is 30.3 Å². The lowest BCUT2D eigenvalue weighted by molar-refractivity contribution is 0.100. The molecule has 16 heavy (non-hydrogen) atoms. The van der Waals surface area contributed by atoms with Gasteiger partial charge in [-0.25, -0.2) is 4.98 Å². The molecular weight excluding hydrogens is 204 g/mol. The molecule has 0 aliphatic heterocycles. The third kappa shape index (κ3) is 2.06. The van der Waals surface area contributed by atoms with Crippen LogP contribution in [-0.4, -0.2) is 15.8 Å². The normalized spacial score (nSPS) is 10.1. The number of H-pyrrole nitrogens is 1. The summed E-state index contributed by atoms with van der Waals surface area (Å²) in [6.45, 7) is 1.37. The highest BCUT2D eigenvalue weighted by Crippen LogP contribution is 2.13. The molecule has 1 aromatic carbocycles.